The standard InChI is InChI=1S/C21H18N4O/c1-13-8-10-15(11-9-13)19-17(12-22)20(23)26-21-18(19)14(2)24-25(21)16-6-4-3-5-7-16/h3-11,19H,23H2,1-2H3/t19-/m1/s1. The largest absolute Gasteiger partial charge is 0.422 e. The van der Waals surface area contributed by atoms with Gasteiger partial charge in [0.1, 0.15) is 11.6 Å². The fourth-order valence-electron chi connectivity index (χ4n) is 3.35. The van der Waals surface area contributed by atoms with Gasteiger partial charge in [0.15, 0.2) is 0 Å². The number of hydrogen-bond acceptors (Lipinski definition) is 4. The third-order valence-electron chi connectivity index (χ3n) is 4.64. The van der Waals surface area contributed by atoms with Gasteiger partial charge in [0, 0.05) is 0 Å². The molecule has 2 N–H and O–H groups in total. The molecule has 0 fully saturated rings. The maximum absolute atomic E-state index is 9.69. The monoisotopic (exact) mass is 342 g/mol. The molecule has 1 aliphatic rings. The molecule has 0 amide bonds. The average molecular weight is 342 g/mol. The zero-order valence-corrected chi connectivity index (χ0v) is 14.6. The van der Waals surface area contributed by atoms with E-state index in [-0.39, 0.29) is 11.8 Å². The first-order valence-corrected chi connectivity index (χ1v) is 8.39. The molecule has 0 radical (unpaired) electrons. The normalized spacial score (nSPS) is 16.0. The molecule has 1 aliphatic heterocycles. The van der Waals surface area contributed by atoms with Crippen LogP contribution in [-0.4, -0.2) is 9.78 Å². The summed E-state index contributed by atoms with van der Waals surface area (Å²) >= 11 is 0. The molecule has 4 rings (SSSR count). The zero-order valence-electron chi connectivity index (χ0n) is 14.6. The third kappa shape index (κ3) is 2.44. The molecule has 0 aliphatic carbocycles. The molecule has 26 heavy (non-hydrogen) atoms. The average Bonchev–Trinajstić information content (AvgIpc) is 2.98. The number of aryl methyl sites for hydroxylation is 2. The van der Waals surface area contributed by atoms with Gasteiger partial charge < -0.3 is 10.5 Å². The van der Waals surface area contributed by atoms with Crippen LogP contribution in [0, 0.1) is 25.2 Å². The van der Waals surface area contributed by atoms with E-state index >= 15 is 0 Å². The van der Waals surface area contributed by atoms with Crippen LogP contribution in [0.15, 0.2) is 66.1 Å². The summed E-state index contributed by atoms with van der Waals surface area (Å²) in [5.74, 6) is 0.403. The molecule has 5 heteroatoms. The smallest absolute Gasteiger partial charge is 0.229 e. The molecule has 2 aromatic carbocycles. The Hall–Kier alpha value is -3.52. The number of fused-ring (bicyclic) bond motifs is 1. The van der Waals surface area contributed by atoms with Gasteiger partial charge in [-0.1, -0.05) is 48.0 Å². The van der Waals surface area contributed by atoms with E-state index in [1.54, 1.807) is 4.68 Å². The summed E-state index contributed by atoms with van der Waals surface area (Å²) in [6, 6.07) is 20.1. The minimum atomic E-state index is -0.290. The van der Waals surface area contributed by atoms with E-state index in [1.165, 1.54) is 0 Å². The number of aromatic nitrogens is 2. The van der Waals surface area contributed by atoms with Crippen LogP contribution in [0.1, 0.15) is 28.3 Å². The fourth-order valence-corrected chi connectivity index (χ4v) is 3.35. The van der Waals surface area contributed by atoms with Gasteiger partial charge in [-0.05, 0) is 31.5 Å². The van der Waals surface area contributed by atoms with Gasteiger partial charge in [-0.2, -0.15) is 10.4 Å². The summed E-state index contributed by atoms with van der Waals surface area (Å²) < 4.78 is 7.60. The van der Waals surface area contributed by atoms with Crippen molar-refractivity contribution in [2.24, 2.45) is 5.73 Å². The number of hydrogen-bond donors (Lipinski definition) is 1. The Balaban J connectivity index is 1.95. The van der Waals surface area contributed by atoms with Gasteiger partial charge in [0.05, 0.1) is 22.9 Å². The Morgan fingerprint density at radius 1 is 1.08 bits per heavy atom. The lowest BCUT2D eigenvalue weighted by atomic mass is 9.84. The number of benzene rings is 2. The van der Waals surface area contributed by atoms with E-state index in [0.29, 0.717) is 11.5 Å². The van der Waals surface area contributed by atoms with Gasteiger partial charge >= 0.3 is 0 Å². The summed E-state index contributed by atoms with van der Waals surface area (Å²) in [6.07, 6.45) is 0. The van der Waals surface area contributed by atoms with Gasteiger partial charge in [-0.15, -0.1) is 0 Å². The predicted molar refractivity (Wildman–Crippen MR) is 98.8 cm³/mol. The molecule has 5 nitrogen and oxygen atoms in total. The number of ether oxygens (including phenoxy) is 1. The van der Waals surface area contributed by atoms with Crippen LogP contribution in [0.5, 0.6) is 5.88 Å². The van der Waals surface area contributed by atoms with Crippen LogP contribution in [0.4, 0.5) is 0 Å². The van der Waals surface area contributed by atoms with E-state index in [0.717, 1.165) is 28.1 Å². The molecule has 2 heterocycles. The highest BCUT2D eigenvalue weighted by Crippen LogP contribution is 2.44. The number of nitrogens with zero attached hydrogens (tertiary/aromatic N) is 3. The molecule has 0 bridgehead atoms. The summed E-state index contributed by atoms with van der Waals surface area (Å²) in [4.78, 5) is 0. The number of allylic oxidation sites excluding steroid dienone is 1. The minimum absolute atomic E-state index is 0.127. The Labute approximate surface area is 151 Å². The van der Waals surface area contributed by atoms with Crippen molar-refractivity contribution in [3.63, 3.8) is 0 Å². The number of nitrogens with two attached hydrogens (primary N) is 1. The van der Waals surface area contributed by atoms with Crippen LogP contribution in [0.2, 0.25) is 0 Å². The van der Waals surface area contributed by atoms with Crippen molar-refractivity contribution in [1.82, 2.24) is 9.78 Å². The summed E-state index contributed by atoms with van der Waals surface area (Å²) in [7, 11) is 0. The van der Waals surface area contributed by atoms with Gasteiger partial charge in [-0.3, -0.25) is 0 Å². The van der Waals surface area contributed by atoms with E-state index in [4.69, 9.17) is 10.5 Å². The zero-order chi connectivity index (χ0) is 18.3. The van der Waals surface area contributed by atoms with Gasteiger partial charge in [-0.25, -0.2) is 4.68 Å². The van der Waals surface area contributed by atoms with Crippen molar-refractivity contribution in [3.8, 4) is 17.6 Å². The Kier molecular flexibility index (Phi) is 3.74. The molecule has 3 aromatic rings. The van der Waals surface area contributed by atoms with Crippen molar-refractivity contribution in [2.45, 2.75) is 19.8 Å². The summed E-state index contributed by atoms with van der Waals surface area (Å²) in [5, 5.41) is 14.4. The minimum Gasteiger partial charge on any atom is -0.422 e. The highest BCUT2D eigenvalue weighted by Gasteiger charge is 2.35. The molecule has 128 valence electrons. The van der Waals surface area contributed by atoms with E-state index in [1.807, 2.05) is 68.4 Å². The Morgan fingerprint density at radius 2 is 1.77 bits per heavy atom. The lowest BCUT2D eigenvalue weighted by Gasteiger charge is -2.25. The molecule has 0 unspecified atom stereocenters. The number of nitriles is 1. The second kappa shape index (κ2) is 6.08. The van der Waals surface area contributed by atoms with Crippen molar-refractivity contribution >= 4 is 0 Å². The SMILES string of the molecule is Cc1ccc([C@@H]2C(C#N)=C(N)Oc3c2c(C)nn3-c2ccccc2)cc1. The maximum Gasteiger partial charge on any atom is 0.229 e. The highest BCUT2D eigenvalue weighted by molar-refractivity contribution is 5.57. The summed E-state index contributed by atoms with van der Waals surface area (Å²) in [6.45, 7) is 3.96. The lowest BCUT2D eigenvalue weighted by molar-refractivity contribution is 0.367. The van der Waals surface area contributed by atoms with Crippen molar-refractivity contribution in [1.29, 1.82) is 5.26 Å². The molecular weight excluding hydrogens is 324 g/mol. The summed E-state index contributed by atoms with van der Waals surface area (Å²) in [5.41, 5.74) is 11.3. The van der Waals surface area contributed by atoms with E-state index in [9.17, 15) is 5.26 Å². The van der Waals surface area contributed by atoms with Crippen LogP contribution < -0.4 is 10.5 Å². The number of para-hydroxylation sites is 1. The first-order valence-electron chi connectivity index (χ1n) is 8.39. The van der Waals surface area contributed by atoms with Crippen molar-refractivity contribution in [3.05, 3.63) is 88.4 Å². The fraction of sp³-hybridized carbons (Fsp3) is 0.143. The quantitative estimate of drug-likeness (QED) is 0.770. The van der Waals surface area contributed by atoms with Crippen LogP contribution in [0.25, 0.3) is 5.69 Å². The lowest BCUT2D eigenvalue weighted by Crippen LogP contribution is -2.22. The van der Waals surface area contributed by atoms with Gasteiger partial charge in [0.25, 0.3) is 0 Å². The molecule has 0 spiro atoms. The number of rotatable bonds is 2. The molecule has 0 saturated heterocycles. The van der Waals surface area contributed by atoms with E-state index < -0.39 is 0 Å². The predicted octanol–water partition coefficient (Wildman–Crippen LogP) is 3.71. The first kappa shape index (κ1) is 16.0. The van der Waals surface area contributed by atoms with Crippen LogP contribution >= 0.6 is 0 Å². The molecular formula is C21H18N4O. The second-order valence-corrected chi connectivity index (χ2v) is 6.39. The van der Waals surface area contributed by atoms with Crippen LogP contribution in [-0.2, 0) is 0 Å². The topological polar surface area (TPSA) is 76.9 Å². The maximum atomic E-state index is 9.69. The Bertz CT molecular complexity index is 1040. The first-order chi connectivity index (χ1) is 12.6. The van der Waals surface area contributed by atoms with Gasteiger partial charge in [0.2, 0.25) is 11.8 Å². The highest BCUT2D eigenvalue weighted by atomic mass is 16.5. The molecule has 1 atom stereocenters. The third-order valence-corrected chi connectivity index (χ3v) is 4.64. The second-order valence-electron chi connectivity index (χ2n) is 6.39. The molecule has 0 saturated carbocycles. The molecule has 1 aromatic heterocycles. The van der Waals surface area contributed by atoms with Crippen molar-refractivity contribution in [2.75, 3.05) is 0 Å². The van der Waals surface area contributed by atoms with Crippen LogP contribution in [0.3, 0.4) is 0 Å². The van der Waals surface area contributed by atoms with Crippen molar-refractivity contribution < 1.29 is 4.74 Å². The Morgan fingerprint density at radius 3 is 2.42 bits per heavy atom. The van der Waals surface area contributed by atoms with E-state index in [2.05, 4.69) is 11.2 Å².